The molecular formula is C15H15ClF3N5O3S. The number of H-pyrrole nitrogens is 1. The Bertz CT molecular complexity index is 862. The van der Waals surface area contributed by atoms with Gasteiger partial charge in [-0.3, -0.25) is 4.79 Å². The van der Waals surface area contributed by atoms with Crippen LogP contribution >= 0.6 is 23.4 Å². The van der Waals surface area contributed by atoms with Gasteiger partial charge in [-0.25, -0.2) is 19.7 Å². The fourth-order valence-electron chi connectivity index (χ4n) is 2.18. The number of rotatable bonds is 7. The summed E-state index contributed by atoms with van der Waals surface area (Å²) in [5.41, 5.74) is -0.503. The maximum Gasteiger partial charge on any atom is 0.406 e. The topological polar surface area (TPSA) is 101 Å². The van der Waals surface area contributed by atoms with Gasteiger partial charge in [-0.15, -0.1) is 0 Å². The lowest BCUT2D eigenvalue weighted by Gasteiger charge is -2.24. The monoisotopic (exact) mass is 437 g/mol. The maximum absolute atomic E-state index is 13.0. The van der Waals surface area contributed by atoms with E-state index in [0.29, 0.717) is 4.90 Å². The number of nitrogens with zero attached hydrogens (tertiary/aromatic N) is 4. The second kappa shape index (κ2) is 9.24. The van der Waals surface area contributed by atoms with Gasteiger partial charge in [0.1, 0.15) is 11.7 Å². The molecule has 2 rings (SSSR count). The van der Waals surface area contributed by atoms with Gasteiger partial charge in [0.25, 0.3) is 5.91 Å². The number of carbonyl (C=O) groups is 2. The van der Waals surface area contributed by atoms with E-state index in [9.17, 15) is 22.8 Å². The SMILES string of the molecule is CCOC(=O)c1nc[nH]c1CN(CC(F)(F)F)C(=O)c1cnc(SC)nc1Cl. The van der Waals surface area contributed by atoms with E-state index in [4.69, 9.17) is 16.3 Å². The van der Waals surface area contributed by atoms with Crippen molar-refractivity contribution in [3.05, 3.63) is 34.6 Å². The van der Waals surface area contributed by atoms with Gasteiger partial charge < -0.3 is 14.6 Å². The predicted octanol–water partition coefficient (Wildman–Crippen LogP) is 2.96. The zero-order valence-electron chi connectivity index (χ0n) is 14.7. The molecule has 2 aromatic heterocycles. The minimum Gasteiger partial charge on any atom is -0.461 e. The number of imidazole rings is 1. The number of ether oxygens (including phenoxy) is 1. The van der Waals surface area contributed by atoms with Gasteiger partial charge in [0.15, 0.2) is 10.9 Å². The number of hydrogen-bond donors (Lipinski definition) is 1. The molecule has 0 saturated carbocycles. The smallest absolute Gasteiger partial charge is 0.406 e. The van der Waals surface area contributed by atoms with E-state index in [1.807, 2.05) is 0 Å². The molecule has 0 aliphatic carbocycles. The van der Waals surface area contributed by atoms with Crippen LogP contribution < -0.4 is 0 Å². The van der Waals surface area contributed by atoms with Crippen LogP contribution in [-0.4, -0.2) is 62.3 Å². The molecule has 8 nitrogen and oxygen atoms in total. The van der Waals surface area contributed by atoms with Crippen LogP contribution in [0.5, 0.6) is 0 Å². The highest BCUT2D eigenvalue weighted by atomic mass is 35.5. The van der Waals surface area contributed by atoms with Crippen molar-refractivity contribution >= 4 is 35.2 Å². The van der Waals surface area contributed by atoms with Crippen LogP contribution in [-0.2, 0) is 11.3 Å². The zero-order valence-corrected chi connectivity index (χ0v) is 16.3. The highest BCUT2D eigenvalue weighted by Crippen LogP contribution is 2.23. The molecule has 0 radical (unpaired) electrons. The summed E-state index contributed by atoms with van der Waals surface area (Å²) in [5, 5.41) is -0.00571. The zero-order chi connectivity index (χ0) is 20.9. The number of aromatic nitrogens is 4. The number of nitrogens with one attached hydrogen (secondary N) is 1. The maximum atomic E-state index is 13.0. The number of carbonyl (C=O) groups excluding carboxylic acids is 2. The molecule has 0 fully saturated rings. The Morgan fingerprint density at radius 1 is 1.36 bits per heavy atom. The molecule has 2 heterocycles. The number of alkyl halides is 3. The fourth-order valence-corrected chi connectivity index (χ4v) is 2.78. The van der Waals surface area contributed by atoms with E-state index in [1.54, 1.807) is 13.2 Å². The molecule has 0 saturated heterocycles. The van der Waals surface area contributed by atoms with E-state index in [2.05, 4.69) is 19.9 Å². The standard InChI is InChI=1S/C15H15ClF3N5O3S/c1-3-27-13(26)10-9(21-7-22-10)5-24(6-15(17,18)19)12(25)8-4-20-14(28-2)23-11(8)16/h4,7H,3,5-6H2,1-2H3,(H,21,22). The minimum atomic E-state index is -4.69. The number of hydrogen-bond acceptors (Lipinski definition) is 7. The Balaban J connectivity index is 2.34. The first kappa shape index (κ1) is 22.0. The summed E-state index contributed by atoms with van der Waals surface area (Å²) in [4.78, 5) is 39.1. The number of thioether (sulfide) groups is 1. The van der Waals surface area contributed by atoms with Crippen molar-refractivity contribution in [2.75, 3.05) is 19.4 Å². The normalized spacial score (nSPS) is 11.4. The van der Waals surface area contributed by atoms with Gasteiger partial charge >= 0.3 is 12.1 Å². The molecular weight excluding hydrogens is 423 g/mol. The van der Waals surface area contributed by atoms with E-state index in [-0.39, 0.29) is 33.9 Å². The molecule has 13 heteroatoms. The summed E-state index contributed by atoms with van der Waals surface area (Å²) in [6, 6.07) is 0. The predicted molar refractivity (Wildman–Crippen MR) is 94.2 cm³/mol. The lowest BCUT2D eigenvalue weighted by Crippen LogP contribution is -2.39. The van der Waals surface area contributed by atoms with Crippen LogP contribution in [0.15, 0.2) is 17.7 Å². The van der Waals surface area contributed by atoms with Crippen LogP contribution in [0.2, 0.25) is 5.15 Å². The van der Waals surface area contributed by atoms with Crippen molar-refractivity contribution in [2.45, 2.75) is 24.8 Å². The Morgan fingerprint density at radius 3 is 2.64 bits per heavy atom. The third-order valence-corrected chi connectivity index (χ3v) is 4.18. The lowest BCUT2D eigenvalue weighted by molar-refractivity contribution is -0.141. The van der Waals surface area contributed by atoms with Gasteiger partial charge in [0.2, 0.25) is 0 Å². The second-order valence-corrected chi connectivity index (χ2v) is 6.42. The van der Waals surface area contributed by atoms with E-state index < -0.39 is 31.1 Å². The summed E-state index contributed by atoms with van der Waals surface area (Å²) in [5.74, 6) is -1.86. The van der Waals surface area contributed by atoms with Crippen molar-refractivity contribution in [3.63, 3.8) is 0 Å². The Morgan fingerprint density at radius 2 is 2.07 bits per heavy atom. The molecule has 1 amide bonds. The molecule has 0 unspecified atom stereocenters. The molecule has 0 aliphatic rings. The average Bonchev–Trinajstić information content (AvgIpc) is 3.07. The largest absolute Gasteiger partial charge is 0.461 e. The summed E-state index contributed by atoms with van der Waals surface area (Å²) in [7, 11) is 0. The van der Waals surface area contributed by atoms with Crippen LogP contribution in [0.4, 0.5) is 13.2 Å². The molecule has 2 aromatic rings. The molecule has 0 spiro atoms. The van der Waals surface area contributed by atoms with Crippen LogP contribution in [0.25, 0.3) is 0 Å². The van der Waals surface area contributed by atoms with Gasteiger partial charge in [0, 0.05) is 6.20 Å². The van der Waals surface area contributed by atoms with Gasteiger partial charge in [0.05, 0.1) is 30.7 Å². The minimum absolute atomic E-state index is 0.00572. The number of aromatic amines is 1. The van der Waals surface area contributed by atoms with Crippen molar-refractivity contribution in [2.24, 2.45) is 0 Å². The molecule has 0 aliphatic heterocycles. The number of amides is 1. The van der Waals surface area contributed by atoms with Gasteiger partial charge in [-0.1, -0.05) is 23.4 Å². The van der Waals surface area contributed by atoms with Gasteiger partial charge in [-0.2, -0.15) is 13.2 Å². The quantitative estimate of drug-likeness (QED) is 0.307. The summed E-state index contributed by atoms with van der Waals surface area (Å²) >= 11 is 7.09. The Labute approximate surface area is 166 Å². The molecule has 0 aromatic carbocycles. The molecule has 28 heavy (non-hydrogen) atoms. The summed E-state index contributed by atoms with van der Waals surface area (Å²) in [6.45, 7) is -0.518. The molecule has 0 atom stereocenters. The van der Waals surface area contributed by atoms with Gasteiger partial charge in [-0.05, 0) is 13.2 Å². The highest BCUT2D eigenvalue weighted by Gasteiger charge is 2.35. The fraction of sp³-hybridized carbons (Fsp3) is 0.400. The van der Waals surface area contributed by atoms with Crippen LogP contribution in [0.3, 0.4) is 0 Å². The van der Waals surface area contributed by atoms with Crippen molar-refractivity contribution < 1.29 is 27.5 Å². The third-order valence-electron chi connectivity index (χ3n) is 3.33. The lowest BCUT2D eigenvalue weighted by atomic mass is 10.2. The van der Waals surface area contributed by atoms with Crippen LogP contribution in [0, 0.1) is 0 Å². The van der Waals surface area contributed by atoms with E-state index in [0.717, 1.165) is 24.3 Å². The van der Waals surface area contributed by atoms with Crippen molar-refractivity contribution in [1.29, 1.82) is 0 Å². The van der Waals surface area contributed by atoms with E-state index in [1.165, 1.54) is 0 Å². The molecule has 152 valence electrons. The first-order chi connectivity index (χ1) is 13.2. The van der Waals surface area contributed by atoms with Crippen LogP contribution in [0.1, 0.15) is 33.5 Å². The highest BCUT2D eigenvalue weighted by molar-refractivity contribution is 7.98. The summed E-state index contributed by atoms with van der Waals surface area (Å²) in [6.07, 6.45) is -0.822. The first-order valence-electron chi connectivity index (χ1n) is 7.78. The number of halogens is 4. The Hall–Kier alpha value is -2.34. The first-order valence-corrected chi connectivity index (χ1v) is 9.38. The third kappa shape index (κ3) is 5.58. The molecule has 0 bridgehead atoms. The number of esters is 1. The Kier molecular flexibility index (Phi) is 7.24. The van der Waals surface area contributed by atoms with Crippen molar-refractivity contribution in [3.8, 4) is 0 Å². The summed E-state index contributed by atoms with van der Waals surface area (Å²) < 4.78 is 43.9. The average molecular weight is 438 g/mol. The molecule has 1 N–H and O–H groups in total. The van der Waals surface area contributed by atoms with E-state index >= 15 is 0 Å². The van der Waals surface area contributed by atoms with Crippen molar-refractivity contribution in [1.82, 2.24) is 24.8 Å². The second-order valence-electron chi connectivity index (χ2n) is 5.29.